The Morgan fingerprint density at radius 2 is 2.04 bits per heavy atom. The normalized spacial score (nSPS) is 21.2. The van der Waals surface area contributed by atoms with Crippen LogP contribution in [0.3, 0.4) is 0 Å². The minimum absolute atomic E-state index is 0.0620. The van der Waals surface area contributed by atoms with Gasteiger partial charge in [0, 0.05) is 31.5 Å². The van der Waals surface area contributed by atoms with Gasteiger partial charge in [-0.25, -0.2) is 8.42 Å². The standard InChI is InChI=1S/C19H19N3O5S/c1-21-15-7-6-13(10-14(15)18(24)19(21)25)28(26,27)22-9-3-5-16(22)17(23)12-4-2-8-20-11-12/h2,4,6-8,10-11,16-17,23H,3,5,9H2,1H3. The number of pyridine rings is 1. The molecule has 1 amide bonds. The number of fused-ring (bicyclic) bond motifs is 1. The van der Waals surface area contributed by atoms with E-state index in [9.17, 15) is 23.1 Å². The first-order valence-corrected chi connectivity index (χ1v) is 10.3. The van der Waals surface area contributed by atoms with Crippen molar-refractivity contribution in [2.75, 3.05) is 18.5 Å². The number of aromatic nitrogens is 1. The molecular formula is C19H19N3O5S. The fourth-order valence-electron chi connectivity index (χ4n) is 3.82. The molecule has 28 heavy (non-hydrogen) atoms. The van der Waals surface area contributed by atoms with E-state index in [-0.39, 0.29) is 17.0 Å². The highest BCUT2D eigenvalue weighted by Crippen LogP contribution is 2.36. The predicted octanol–water partition coefficient (Wildman–Crippen LogP) is 1.13. The van der Waals surface area contributed by atoms with Gasteiger partial charge < -0.3 is 10.0 Å². The fraction of sp³-hybridized carbons (Fsp3) is 0.316. The molecule has 3 heterocycles. The molecule has 2 aromatic rings. The van der Waals surface area contributed by atoms with Crippen LogP contribution in [0.15, 0.2) is 47.6 Å². The molecule has 1 N–H and O–H groups in total. The second-order valence-corrected chi connectivity index (χ2v) is 8.82. The van der Waals surface area contributed by atoms with E-state index in [1.165, 1.54) is 40.6 Å². The highest BCUT2D eigenvalue weighted by atomic mass is 32.2. The maximum Gasteiger partial charge on any atom is 0.299 e. The van der Waals surface area contributed by atoms with Crippen LogP contribution in [-0.2, 0) is 14.8 Å². The van der Waals surface area contributed by atoms with Crippen LogP contribution in [0.2, 0.25) is 0 Å². The van der Waals surface area contributed by atoms with Crippen LogP contribution in [0.5, 0.6) is 0 Å². The van der Waals surface area contributed by atoms with Gasteiger partial charge in [0.1, 0.15) is 0 Å². The molecule has 1 fully saturated rings. The minimum Gasteiger partial charge on any atom is -0.387 e. The summed E-state index contributed by atoms with van der Waals surface area (Å²) in [6.07, 6.45) is 3.23. The molecule has 4 rings (SSSR count). The summed E-state index contributed by atoms with van der Waals surface area (Å²) in [5.41, 5.74) is 1.02. The van der Waals surface area contributed by atoms with E-state index in [0.717, 1.165) is 0 Å². The Morgan fingerprint density at radius 1 is 1.25 bits per heavy atom. The van der Waals surface area contributed by atoms with Gasteiger partial charge in [0.05, 0.1) is 28.3 Å². The van der Waals surface area contributed by atoms with Crippen molar-refractivity contribution in [2.24, 2.45) is 0 Å². The topological polar surface area (TPSA) is 108 Å². The number of carbonyl (C=O) groups is 2. The van der Waals surface area contributed by atoms with Crippen LogP contribution in [-0.4, -0.2) is 54.1 Å². The number of likely N-dealkylation sites (N-methyl/N-ethyl adjacent to an activating group) is 1. The van der Waals surface area contributed by atoms with E-state index in [2.05, 4.69) is 4.98 Å². The molecule has 2 aliphatic rings. The lowest BCUT2D eigenvalue weighted by Crippen LogP contribution is -2.39. The third-order valence-corrected chi connectivity index (χ3v) is 7.24. The number of ketones is 1. The molecule has 2 unspecified atom stereocenters. The number of nitrogens with zero attached hydrogens (tertiary/aromatic N) is 3. The largest absolute Gasteiger partial charge is 0.387 e. The second-order valence-electron chi connectivity index (χ2n) is 6.93. The van der Waals surface area contributed by atoms with Crippen LogP contribution < -0.4 is 4.90 Å². The van der Waals surface area contributed by atoms with Crippen LogP contribution in [0, 0.1) is 0 Å². The molecule has 2 aliphatic heterocycles. The number of carbonyl (C=O) groups excluding carboxylic acids is 2. The summed E-state index contributed by atoms with van der Waals surface area (Å²) in [5, 5.41) is 10.7. The number of hydrogen-bond acceptors (Lipinski definition) is 6. The van der Waals surface area contributed by atoms with E-state index in [1.54, 1.807) is 18.3 Å². The third kappa shape index (κ3) is 2.83. The number of aliphatic hydroxyl groups excluding tert-OH is 1. The Bertz CT molecular complexity index is 1050. The molecule has 9 heteroatoms. The monoisotopic (exact) mass is 401 g/mol. The average molecular weight is 401 g/mol. The first-order chi connectivity index (χ1) is 13.3. The van der Waals surface area contributed by atoms with Gasteiger partial charge in [0.15, 0.2) is 0 Å². The van der Waals surface area contributed by atoms with E-state index >= 15 is 0 Å². The number of aliphatic hydroxyl groups is 1. The van der Waals surface area contributed by atoms with Crippen LogP contribution in [0.1, 0.15) is 34.9 Å². The highest BCUT2D eigenvalue weighted by Gasteiger charge is 2.41. The second kappa shape index (κ2) is 6.77. The number of benzene rings is 1. The molecule has 0 radical (unpaired) electrons. The van der Waals surface area contributed by atoms with Crippen molar-refractivity contribution in [1.29, 1.82) is 0 Å². The molecule has 1 saturated heterocycles. The van der Waals surface area contributed by atoms with E-state index in [0.29, 0.717) is 24.1 Å². The maximum atomic E-state index is 13.2. The SMILES string of the molecule is CN1C(=O)C(=O)c2cc(S(=O)(=O)N3CCCC3C(O)c3cccnc3)ccc21. The van der Waals surface area contributed by atoms with Crippen LogP contribution in [0.4, 0.5) is 5.69 Å². The van der Waals surface area contributed by atoms with Crippen molar-refractivity contribution in [3.8, 4) is 0 Å². The Hall–Kier alpha value is -2.62. The van der Waals surface area contributed by atoms with Gasteiger partial charge in [-0.3, -0.25) is 14.6 Å². The number of hydrogen-bond donors (Lipinski definition) is 1. The number of rotatable bonds is 4. The number of sulfonamides is 1. The Morgan fingerprint density at radius 3 is 2.75 bits per heavy atom. The lowest BCUT2D eigenvalue weighted by atomic mass is 10.0. The quantitative estimate of drug-likeness (QED) is 0.770. The van der Waals surface area contributed by atoms with Crippen LogP contribution in [0.25, 0.3) is 0 Å². The number of Topliss-reactive ketones (excluding diaryl/α,β-unsaturated/α-hetero) is 1. The third-order valence-electron chi connectivity index (χ3n) is 5.32. The number of anilines is 1. The van der Waals surface area contributed by atoms with Gasteiger partial charge in [-0.2, -0.15) is 4.31 Å². The summed E-state index contributed by atoms with van der Waals surface area (Å²) < 4.78 is 27.8. The van der Waals surface area contributed by atoms with E-state index in [1.807, 2.05) is 0 Å². The zero-order valence-corrected chi connectivity index (χ0v) is 16.0. The highest BCUT2D eigenvalue weighted by molar-refractivity contribution is 7.89. The smallest absolute Gasteiger partial charge is 0.299 e. The Labute approximate surface area is 162 Å². The molecule has 1 aromatic carbocycles. The lowest BCUT2D eigenvalue weighted by Gasteiger charge is -2.28. The van der Waals surface area contributed by atoms with Gasteiger partial charge in [-0.1, -0.05) is 6.07 Å². The molecule has 0 aliphatic carbocycles. The first-order valence-electron chi connectivity index (χ1n) is 8.88. The summed E-state index contributed by atoms with van der Waals surface area (Å²) in [6.45, 7) is 0.272. The van der Waals surface area contributed by atoms with Gasteiger partial charge >= 0.3 is 0 Å². The van der Waals surface area contributed by atoms with Crippen molar-refractivity contribution in [2.45, 2.75) is 29.9 Å². The first kappa shape index (κ1) is 18.7. The van der Waals surface area contributed by atoms with Crippen molar-refractivity contribution in [3.63, 3.8) is 0 Å². The Kier molecular flexibility index (Phi) is 4.53. The zero-order valence-electron chi connectivity index (χ0n) is 15.1. The summed E-state index contributed by atoms with van der Waals surface area (Å²) in [5.74, 6) is -1.40. The molecule has 0 spiro atoms. The van der Waals surface area contributed by atoms with Gasteiger partial charge in [-0.05, 0) is 37.1 Å². The molecular weight excluding hydrogens is 382 g/mol. The molecule has 8 nitrogen and oxygen atoms in total. The van der Waals surface area contributed by atoms with Crippen molar-refractivity contribution >= 4 is 27.4 Å². The Balaban J connectivity index is 1.69. The molecule has 1 aromatic heterocycles. The molecule has 0 bridgehead atoms. The molecule has 146 valence electrons. The molecule has 2 atom stereocenters. The summed E-state index contributed by atoms with van der Waals surface area (Å²) in [7, 11) is -2.48. The summed E-state index contributed by atoms with van der Waals surface area (Å²) >= 11 is 0. The zero-order chi connectivity index (χ0) is 20.1. The van der Waals surface area contributed by atoms with Crippen LogP contribution >= 0.6 is 0 Å². The predicted molar refractivity (Wildman–Crippen MR) is 100 cm³/mol. The van der Waals surface area contributed by atoms with Gasteiger partial charge in [0.25, 0.3) is 11.7 Å². The van der Waals surface area contributed by atoms with Gasteiger partial charge in [0.2, 0.25) is 10.0 Å². The molecule has 0 saturated carbocycles. The fourth-order valence-corrected chi connectivity index (χ4v) is 5.54. The summed E-state index contributed by atoms with van der Waals surface area (Å²) in [6, 6.07) is 6.88. The van der Waals surface area contributed by atoms with Crippen molar-refractivity contribution < 1.29 is 23.1 Å². The lowest BCUT2D eigenvalue weighted by molar-refractivity contribution is -0.114. The van der Waals surface area contributed by atoms with Crippen molar-refractivity contribution in [3.05, 3.63) is 53.9 Å². The minimum atomic E-state index is -3.95. The van der Waals surface area contributed by atoms with E-state index < -0.39 is 33.9 Å². The number of amides is 1. The van der Waals surface area contributed by atoms with Crippen molar-refractivity contribution in [1.82, 2.24) is 9.29 Å². The maximum absolute atomic E-state index is 13.2. The van der Waals surface area contributed by atoms with E-state index in [4.69, 9.17) is 0 Å². The average Bonchev–Trinajstić information content (AvgIpc) is 3.29. The summed E-state index contributed by atoms with van der Waals surface area (Å²) in [4.78, 5) is 29.1. The van der Waals surface area contributed by atoms with Gasteiger partial charge in [-0.15, -0.1) is 0 Å².